The molecule has 0 aliphatic carbocycles. The van der Waals surface area contributed by atoms with Crippen LogP contribution in [-0.4, -0.2) is 26.2 Å². The average Bonchev–Trinajstić information content (AvgIpc) is 2.69. The fourth-order valence-corrected chi connectivity index (χ4v) is 3.67. The van der Waals surface area contributed by atoms with E-state index in [9.17, 15) is 24.8 Å². The van der Waals surface area contributed by atoms with Crippen molar-refractivity contribution in [1.82, 2.24) is 0 Å². The van der Waals surface area contributed by atoms with Gasteiger partial charge in [-0.15, -0.1) is 0 Å². The second kappa shape index (κ2) is 14.8. The summed E-state index contributed by atoms with van der Waals surface area (Å²) in [6, 6.07) is 1.35. The van der Waals surface area contributed by atoms with Gasteiger partial charge in [0.15, 0.2) is 0 Å². The maximum atomic E-state index is 11.2. The third-order valence-electron chi connectivity index (χ3n) is 4.91. The van der Waals surface area contributed by atoms with E-state index in [1.807, 2.05) is 0 Å². The summed E-state index contributed by atoms with van der Waals surface area (Å²) >= 11 is 0. The fraction of sp³-hybridized carbons (Fsp3) is 0.700. The fourth-order valence-electron chi connectivity index (χ4n) is 3.27. The first-order valence-electron chi connectivity index (χ1n) is 11.0. The Bertz CT molecular complexity index is 783. The number of nitrogens with zero attached hydrogens (tertiary/aromatic N) is 2. The predicted molar refractivity (Wildman–Crippen MR) is 119 cm³/mol. The molecule has 0 aromatic heterocycles. The lowest BCUT2D eigenvalue weighted by Crippen LogP contribution is -2.03. The molecule has 0 aliphatic heterocycles. The molecular weight excluding hydrogens is 443 g/mol. The van der Waals surface area contributed by atoms with Crippen LogP contribution in [0, 0.1) is 20.2 Å². The molecule has 0 atom stereocenters. The summed E-state index contributed by atoms with van der Waals surface area (Å²) < 4.78 is 20.8. The number of nitro benzene ring substituents is 2. The first-order chi connectivity index (χ1) is 15.2. The van der Waals surface area contributed by atoms with E-state index in [0.717, 1.165) is 25.3 Å². The van der Waals surface area contributed by atoms with Gasteiger partial charge in [-0.1, -0.05) is 77.6 Å². The van der Waals surface area contributed by atoms with Crippen molar-refractivity contribution in [1.29, 1.82) is 0 Å². The molecule has 0 saturated carbocycles. The molecule has 1 rings (SSSR count). The number of unbranched alkanes of at least 4 members (excludes halogenated alkanes) is 11. The number of phosphoric ester groups is 1. The first-order valence-corrected chi connectivity index (χ1v) is 12.5. The average molecular weight is 476 g/mol. The van der Waals surface area contributed by atoms with Crippen LogP contribution in [0.25, 0.3) is 0 Å². The van der Waals surface area contributed by atoms with Gasteiger partial charge in [-0.25, -0.2) is 4.57 Å². The first kappa shape index (κ1) is 27.8. The molecule has 0 heterocycles. The minimum atomic E-state index is -5.10. The van der Waals surface area contributed by atoms with Crippen LogP contribution >= 0.6 is 7.82 Å². The highest BCUT2D eigenvalue weighted by Crippen LogP contribution is 2.46. The molecule has 0 amide bonds. The maximum absolute atomic E-state index is 11.2. The highest BCUT2D eigenvalue weighted by Gasteiger charge is 2.30. The highest BCUT2D eigenvalue weighted by atomic mass is 31.2. The van der Waals surface area contributed by atoms with Crippen molar-refractivity contribution >= 4 is 19.2 Å². The zero-order chi connectivity index (χ0) is 24.0. The normalized spacial score (nSPS) is 11.3. The van der Waals surface area contributed by atoms with Crippen molar-refractivity contribution in [3.8, 4) is 11.5 Å². The lowest BCUT2D eigenvalue weighted by molar-refractivity contribution is -0.395. The number of nitro groups is 2. The van der Waals surface area contributed by atoms with E-state index in [1.165, 1.54) is 51.4 Å². The SMILES string of the molecule is CCCCCCCCCCCCCCOc1cc(OP(=O)(O)O)c([N+](=O)[O-])cc1[N+](=O)[O-]. The maximum Gasteiger partial charge on any atom is 0.525 e. The zero-order valence-electron chi connectivity index (χ0n) is 18.4. The minimum absolute atomic E-state index is 0.130. The lowest BCUT2D eigenvalue weighted by atomic mass is 10.1. The number of hydrogen-bond donors (Lipinski definition) is 2. The van der Waals surface area contributed by atoms with E-state index < -0.39 is 34.8 Å². The second-order valence-electron chi connectivity index (χ2n) is 7.62. The minimum Gasteiger partial charge on any atom is -0.487 e. The molecule has 2 N–H and O–H groups in total. The summed E-state index contributed by atoms with van der Waals surface area (Å²) in [5, 5.41) is 22.3. The third-order valence-corrected chi connectivity index (χ3v) is 5.34. The smallest absolute Gasteiger partial charge is 0.487 e. The van der Waals surface area contributed by atoms with Gasteiger partial charge in [0.1, 0.15) is 6.07 Å². The van der Waals surface area contributed by atoms with Crippen LogP contribution in [0.5, 0.6) is 11.5 Å². The molecular formula is C20H33N2O9P. The van der Waals surface area contributed by atoms with Crippen LogP contribution in [0.4, 0.5) is 11.4 Å². The molecule has 12 heteroatoms. The van der Waals surface area contributed by atoms with Gasteiger partial charge in [-0.2, -0.15) is 0 Å². The number of benzene rings is 1. The zero-order valence-corrected chi connectivity index (χ0v) is 19.3. The van der Waals surface area contributed by atoms with Crippen LogP contribution in [-0.2, 0) is 4.57 Å². The van der Waals surface area contributed by atoms with Crippen molar-refractivity contribution in [2.45, 2.75) is 84.0 Å². The molecule has 0 radical (unpaired) electrons. The van der Waals surface area contributed by atoms with Crippen molar-refractivity contribution in [2.24, 2.45) is 0 Å². The summed E-state index contributed by atoms with van der Waals surface area (Å²) in [7, 11) is -5.10. The molecule has 32 heavy (non-hydrogen) atoms. The number of phosphoric acid groups is 1. The highest BCUT2D eigenvalue weighted by molar-refractivity contribution is 7.46. The Morgan fingerprint density at radius 3 is 1.66 bits per heavy atom. The summed E-state index contributed by atoms with van der Waals surface area (Å²) in [6.07, 6.45) is 13.7. The van der Waals surface area contributed by atoms with E-state index in [1.54, 1.807) is 0 Å². The van der Waals surface area contributed by atoms with Gasteiger partial charge in [-0.05, 0) is 6.42 Å². The van der Waals surface area contributed by atoms with Gasteiger partial charge in [0, 0.05) is 6.07 Å². The molecule has 0 spiro atoms. The van der Waals surface area contributed by atoms with Crippen LogP contribution in [0.2, 0.25) is 0 Å². The van der Waals surface area contributed by atoms with Crippen molar-refractivity contribution < 1.29 is 33.5 Å². The lowest BCUT2D eigenvalue weighted by Gasteiger charge is -2.11. The Morgan fingerprint density at radius 2 is 1.22 bits per heavy atom. The number of ether oxygens (including phenoxy) is 1. The second-order valence-corrected chi connectivity index (χ2v) is 8.79. The topological polar surface area (TPSA) is 162 Å². The van der Waals surface area contributed by atoms with Gasteiger partial charge in [0.2, 0.25) is 11.5 Å². The van der Waals surface area contributed by atoms with Crippen LogP contribution < -0.4 is 9.26 Å². The molecule has 0 aliphatic rings. The van der Waals surface area contributed by atoms with Gasteiger partial charge in [0.25, 0.3) is 0 Å². The third kappa shape index (κ3) is 11.4. The summed E-state index contributed by atoms with van der Waals surface area (Å²) in [5.41, 5.74) is -1.61. The standard InChI is InChI=1S/C20H33N2O9P/c1-2-3-4-5-6-7-8-9-10-11-12-13-14-30-19-16-20(31-32(27,28)29)18(22(25)26)15-17(19)21(23)24/h15-16H,2-14H2,1H3,(H2,27,28,29). The van der Waals surface area contributed by atoms with Crippen molar-refractivity contribution in [3.63, 3.8) is 0 Å². The molecule has 182 valence electrons. The Morgan fingerprint density at radius 1 is 0.781 bits per heavy atom. The monoisotopic (exact) mass is 476 g/mol. The molecule has 0 fully saturated rings. The van der Waals surface area contributed by atoms with Gasteiger partial charge >= 0.3 is 19.2 Å². The van der Waals surface area contributed by atoms with Gasteiger partial charge in [0.05, 0.1) is 16.5 Å². The number of hydrogen-bond acceptors (Lipinski definition) is 7. The largest absolute Gasteiger partial charge is 0.525 e. The van der Waals surface area contributed by atoms with Gasteiger partial charge in [-0.3, -0.25) is 30.0 Å². The van der Waals surface area contributed by atoms with Crippen molar-refractivity contribution in [2.75, 3.05) is 6.61 Å². The van der Waals surface area contributed by atoms with Crippen LogP contribution in [0.3, 0.4) is 0 Å². The van der Waals surface area contributed by atoms with E-state index in [2.05, 4.69) is 11.4 Å². The Hall–Kier alpha value is -2.23. The van der Waals surface area contributed by atoms with Crippen molar-refractivity contribution in [3.05, 3.63) is 32.4 Å². The van der Waals surface area contributed by atoms with E-state index in [-0.39, 0.29) is 12.4 Å². The van der Waals surface area contributed by atoms with Gasteiger partial charge < -0.3 is 9.26 Å². The van der Waals surface area contributed by atoms with E-state index in [0.29, 0.717) is 12.5 Å². The van der Waals surface area contributed by atoms with E-state index >= 15 is 0 Å². The van der Waals surface area contributed by atoms with Crippen LogP contribution in [0.15, 0.2) is 12.1 Å². The Balaban J connectivity index is 2.46. The molecule has 0 unspecified atom stereocenters. The number of rotatable bonds is 18. The van der Waals surface area contributed by atoms with Crippen LogP contribution in [0.1, 0.15) is 84.0 Å². The summed E-state index contributed by atoms with van der Waals surface area (Å²) in [5.74, 6) is -1.13. The molecule has 1 aromatic rings. The quantitative estimate of drug-likeness (QED) is 0.111. The summed E-state index contributed by atoms with van der Waals surface area (Å²) in [6.45, 7) is 2.34. The predicted octanol–water partition coefficient (Wildman–Crippen LogP) is 6.05. The molecule has 1 aromatic carbocycles. The Labute approximate surface area is 187 Å². The summed E-state index contributed by atoms with van der Waals surface area (Å²) in [4.78, 5) is 38.3. The van der Waals surface area contributed by atoms with E-state index in [4.69, 9.17) is 14.5 Å². The molecule has 0 saturated heterocycles. The molecule has 0 bridgehead atoms. The Kier molecular flexibility index (Phi) is 12.8. The molecule has 11 nitrogen and oxygen atoms in total.